The van der Waals surface area contributed by atoms with Crippen molar-refractivity contribution in [2.45, 2.75) is 12.8 Å². The number of nitrogens with two attached hydrogens (primary N) is 2. The van der Waals surface area contributed by atoms with E-state index in [0.29, 0.717) is 11.3 Å². The van der Waals surface area contributed by atoms with Gasteiger partial charge in [-0.15, -0.1) is 0 Å². The third-order valence-corrected chi connectivity index (χ3v) is 3.92. The molecule has 114 valence electrons. The van der Waals surface area contributed by atoms with Crippen LogP contribution < -0.4 is 16.4 Å². The molecule has 0 aromatic heterocycles. The van der Waals surface area contributed by atoms with E-state index in [0.717, 1.165) is 31.6 Å². The van der Waals surface area contributed by atoms with E-state index in [-0.39, 0.29) is 17.7 Å². The van der Waals surface area contributed by atoms with Crippen LogP contribution >= 0.6 is 0 Å². The van der Waals surface area contributed by atoms with Crippen LogP contribution in [-0.2, 0) is 4.79 Å². The summed E-state index contributed by atoms with van der Waals surface area (Å²) in [7, 11) is 3.42. The first-order valence-corrected chi connectivity index (χ1v) is 7.05. The van der Waals surface area contributed by atoms with Crippen molar-refractivity contribution in [3.8, 4) is 0 Å². The Kier molecular flexibility index (Phi) is 4.35. The number of hydrogen-bond acceptors (Lipinski definition) is 4. The topological polar surface area (TPSA) is 92.7 Å². The van der Waals surface area contributed by atoms with Crippen molar-refractivity contribution in [3.63, 3.8) is 0 Å². The molecule has 1 aromatic rings. The van der Waals surface area contributed by atoms with Gasteiger partial charge in [-0.05, 0) is 31.0 Å². The average molecular weight is 290 g/mol. The number of amides is 2. The Morgan fingerprint density at radius 2 is 1.86 bits per heavy atom. The quantitative estimate of drug-likeness (QED) is 0.800. The lowest BCUT2D eigenvalue weighted by Gasteiger charge is -2.33. The number of rotatable bonds is 3. The molecule has 0 unspecified atom stereocenters. The smallest absolute Gasteiger partial charge is 0.253 e. The summed E-state index contributed by atoms with van der Waals surface area (Å²) in [5.74, 6) is -0.340. The minimum atomic E-state index is -0.227. The molecule has 0 saturated carbocycles. The molecule has 0 aliphatic carbocycles. The molecular formula is C15H22N4O2. The van der Waals surface area contributed by atoms with Gasteiger partial charge in [0, 0.05) is 38.7 Å². The molecule has 1 saturated heterocycles. The maximum Gasteiger partial charge on any atom is 0.253 e. The van der Waals surface area contributed by atoms with E-state index in [1.54, 1.807) is 26.2 Å². The van der Waals surface area contributed by atoms with Crippen molar-refractivity contribution < 1.29 is 9.59 Å². The lowest BCUT2D eigenvalue weighted by atomic mass is 9.95. The Bertz CT molecular complexity index is 549. The molecule has 1 aliphatic rings. The van der Waals surface area contributed by atoms with Crippen molar-refractivity contribution in [1.29, 1.82) is 0 Å². The second-order valence-electron chi connectivity index (χ2n) is 5.64. The standard InChI is InChI=1S/C15H22N4O2/c1-18(2)15(21)11-3-4-13(12(16)9-11)19-7-5-10(6-8-19)14(17)20/h3-4,9-10H,5-8,16H2,1-2H3,(H2,17,20). The molecule has 4 N–H and O–H groups in total. The fraction of sp³-hybridized carbons (Fsp3) is 0.467. The van der Waals surface area contributed by atoms with Crippen LogP contribution in [-0.4, -0.2) is 43.9 Å². The SMILES string of the molecule is CN(C)C(=O)c1ccc(N2CCC(C(N)=O)CC2)c(N)c1. The fourth-order valence-corrected chi connectivity index (χ4v) is 2.64. The number of piperidine rings is 1. The Balaban J connectivity index is 2.12. The summed E-state index contributed by atoms with van der Waals surface area (Å²) in [6.45, 7) is 1.50. The summed E-state index contributed by atoms with van der Waals surface area (Å²) in [5.41, 5.74) is 13.5. The van der Waals surface area contributed by atoms with Crippen LogP contribution in [0.3, 0.4) is 0 Å². The molecule has 0 atom stereocenters. The highest BCUT2D eigenvalue weighted by Crippen LogP contribution is 2.29. The van der Waals surface area contributed by atoms with Gasteiger partial charge in [0.1, 0.15) is 0 Å². The van der Waals surface area contributed by atoms with Gasteiger partial charge in [-0.3, -0.25) is 9.59 Å². The Morgan fingerprint density at radius 3 is 2.33 bits per heavy atom. The van der Waals surface area contributed by atoms with Gasteiger partial charge in [0.15, 0.2) is 0 Å². The lowest BCUT2D eigenvalue weighted by Crippen LogP contribution is -2.38. The molecule has 1 fully saturated rings. The monoisotopic (exact) mass is 290 g/mol. The summed E-state index contributed by atoms with van der Waals surface area (Å²) < 4.78 is 0. The highest BCUT2D eigenvalue weighted by molar-refractivity contribution is 5.95. The van der Waals surface area contributed by atoms with Gasteiger partial charge in [-0.25, -0.2) is 0 Å². The maximum absolute atomic E-state index is 11.9. The summed E-state index contributed by atoms with van der Waals surface area (Å²) >= 11 is 0. The van der Waals surface area contributed by atoms with Gasteiger partial charge < -0.3 is 21.3 Å². The van der Waals surface area contributed by atoms with E-state index in [1.165, 1.54) is 4.90 Å². The molecular weight excluding hydrogens is 268 g/mol. The Morgan fingerprint density at radius 1 is 1.24 bits per heavy atom. The van der Waals surface area contributed by atoms with Gasteiger partial charge in [0.05, 0.1) is 11.4 Å². The van der Waals surface area contributed by atoms with Gasteiger partial charge in [-0.1, -0.05) is 0 Å². The molecule has 21 heavy (non-hydrogen) atoms. The zero-order valence-corrected chi connectivity index (χ0v) is 12.5. The summed E-state index contributed by atoms with van der Waals surface area (Å²) in [6, 6.07) is 5.36. The molecule has 2 amide bonds. The van der Waals surface area contributed by atoms with Crippen LogP contribution in [0, 0.1) is 5.92 Å². The van der Waals surface area contributed by atoms with E-state index in [2.05, 4.69) is 4.90 Å². The minimum Gasteiger partial charge on any atom is -0.397 e. The zero-order chi connectivity index (χ0) is 15.6. The molecule has 0 spiro atoms. The van der Waals surface area contributed by atoms with E-state index in [1.807, 2.05) is 6.07 Å². The van der Waals surface area contributed by atoms with Crippen molar-refractivity contribution >= 4 is 23.2 Å². The van der Waals surface area contributed by atoms with Crippen LogP contribution in [0.15, 0.2) is 18.2 Å². The molecule has 1 aromatic carbocycles. The minimum absolute atomic E-state index is 0.0444. The molecule has 0 radical (unpaired) electrons. The first kappa shape index (κ1) is 15.2. The first-order valence-electron chi connectivity index (χ1n) is 7.05. The largest absolute Gasteiger partial charge is 0.397 e. The number of primary amides is 1. The van der Waals surface area contributed by atoms with Crippen LogP contribution in [0.5, 0.6) is 0 Å². The highest BCUT2D eigenvalue weighted by atomic mass is 16.2. The molecule has 1 heterocycles. The molecule has 2 rings (SSSR count). The van der Waals surface area contributed by atoms with Gasteiger partial charge in [0.2, 0.25) is 5.91 Å². The van der Waals surface area contributed by atoms with Crippen molar-refractivity contribution in [2.24, 2.45) is 11.7 Å². The number of hydrogen-bond donors (Lipinski definition) is 2. The number of carbonyl (C=O) groups is 2. The normalized spacial score (nSPS) is 15.8. The number of nitrogen functional groups attached to an aromatic ring is 1. The predicted molar refractivity (Wildman–Crippen MR) is 83.0 cm³/mol. The Hall–Kier alpha value is -2.24. The highest BCUT2D eigenvalue weighted by Gasteiger charge is 2.24. The maximum atomic E-state index is 11.9. The van der Waals surface area contributed by atoms with E-state index >= 15 is 0 Å². The summed E-state index contributed by atoms with van der Waals surface area (Å²) in [5, 5.41) is 0. The second kappa shape index (κ2) is 6.03. The predicted octanol–water partition coefficient (Wildman–Crippen LogP) is 0.672. The fourth-order valence-electron chi connectivity index (χ4n) is 2.64. The van der Waals surface area contributed by atoms with Crippen LogP contribution in [0.4, 0.5) is 11.4 Å². The average Bonchev–Trinajstić information content (AvgIpc) is 2.46. The molecule has 6 heteroatoms. The number of benzene rings is 1. The van der Waals surface area contributed by atoms with E-state index < -0.39 is 0 Å². The van der Waals surface area contributed by atoms with Crippen molar-refractivity contribution in [2.75, 3.05) is 37.8 Å². The van der Waals surface area contributed by atoms with Gasteiger partial charge in [0.25, 0.3) is 5.91 Å². The van der Waals surface area contributed by atoms with Crippen LogP contribution in [0.2, 0.25) is 0 Å². The number of nitrogens with zero attached hydrogens (tertiary/aromatic N) is 2. The van der Waals surface area contributed by atoms with Crippen molar-refractivity contribution in [3.05, 3.63) is 23.8 Å². The second-order valence-corrected chi connectivity index (χ2v) is 5.64. The number of anilines is 2. The molecule has 6 nitrogen and oxygen atoms in total. The van der Waals surface area contributed by atoms with Crippen LogP contribution in [0.25, 0.3) is 0 Å². The molecule has 1 aliphatic heterocycles. The lowest BCUT2D eigenvalue weighted by molar-refractivity contribution is -0.122. The Labute approximate surface area is 124 Å². The summed E-state index contributed by atoms with van der Waals surface area (Å²) in [6.07, 6.45) is 1.49. The van der Waals surface area contributed by atoms with E-state index in [4.69, 9.17) is 11.5 Å². The van der Waals surface area contributed by atoms with Crippen molar-refractivity contribution in [1.82, 2.24) is 4.90 Å². The van der Waals surface area contributed by atoms with E-state index in [9.17, 15) is 9.59 Å². The van der Waals surface area contributed by atoms with Crippen LogP contribution in [0.1, 0.15) is 23.2 Å². The third kappa shape index (κ3) is 3.26. The van der Waals surface area contributed by atoms with Gasteiger partial charge in [-0.2, -0.15) is 0 Å². The zero-order valence-electron chi connectivity index (χ0n) is 12.5. The summed E-state index contributed by atoms with van der Waals surface area (Å²) in [4.78, 5) is 26.8. The molecule has 0 bridgehead atoms. The number of carbonyl (C=O) groups excluding carboxylic acids is 2. The third-order valence-electron chi connectivity index (χ3n) is 3.92. The van der Waals surface area contributed by atoms with Gasteiger partial charge >= 0.3 is 0 Å². The first-order chi connectivity index (χ1) is 9.90.